The molecular weight excluding hydrogens is 197 g/mol. The molecule has 0 aromatic heterocycles. The summed E-state index contributed by atoms with van der Waals surface area (Å²) in [4.78, 5) is 0. The van der Waals surface area contributed by atoms with Gasteiger partial charge in [-0.3, -0.25) is 4.72 Å². The third-order valence-corrected chi connectivity index (χ3v) is 1.86. The molecule has 2 N–H and O–H groups in total. The molecule has 4 nitrogen and oxygen atoms in total. The van der Waals surface area contributed by atoms with Crippen molar-refractivity contribution in [2.24, 2.45) is 0 Å². The molecule has 0 fully saturated rings. The summed E-state index contributed by atoms with van der Waals surface area (Å²) >= 11 is 0. The van der Waals surface area contributed by atoms with Crippen molar-refractivity contribution in [1.29, 1.82) is 0 Å². The Morgan fingerprint density at radius 3 is 2.54 bits per heavy atom. The van der Waals surface area contributed by atoms with Gasteiger partial charge in [0, 0.05) is 6.07 Å². The molecule has 0 aliphatic heterocycles. The molecule has 6 heteroatoms. The number of phenols is 1. The Hall–Kier alpha value is -1.30. The topological polar surface area (TPSA) is 66.4 Å². The zero-order valence-electron chi connectivity index (χ0n) is 6.78. The molecule has 0 saturated heterocycles. The Morgan fingerprint density at radius 2 is 2.08 bits per heavy atom. The van der Waals surface area contributed by atoms with Gasteiger partial charge in [0.1, 0.15) is 0 Å². The van der Waals surface area contributed by atoms with Crippen molar-refractivity contribution in [1.82, 2.24) is 0 Å². The minimum atomic E-state index is -3.39. The molecule has 0 aliphatic carbocycles. The Labute approximate surface area is 75.1 Å². The number of benzene rings is 1. The zero-order chi connectivity index (χ0) is 10.1. The quantitative estimate of drug-likeness (QED) is 0.753. The molecular formula is C7H8FNO3S. The summed E-state index contributed by atoms with van der Waals surface area (Å²) in [6.45, 7) is 0. The van der Waals surface area contributed by atoms with Crippen LogP contribution in [0.4, 0.5) is 10.1 Å². The van der Waals surface area contributed by atoms with Gasteiger partial charge in [0.15, 0.2) is 11.6 Å². The smallest absolute Gasteiger partial charge is 0.229 e. The number of phenolic OH excluding ortho intramolecular Hbond substituents is 1. The van der Waals surface area contributed by atoms with E-state index < -0.39 is 21.6 Å². The number of rotatable bonds is 2. The van der Waals surface area contributed by atoms with Crippen LogP contribution in [0.25, 0.3) is 0 Å². The standard InChI is InChI=1S/C7H8FNO3S/c1-13(11,12)9-5-2-3-6(8)7(10)4-5/h2-4,9-10H,1H3. The van der Waals surface area contributed by atoms with Crippen LogP contribution in [0.3, 0.4) is 0 Å². The fourth-order valence-electron chi connectivity index (χ4n) is 0.790. The van der Waals surface area contributed by atoms with E-state index in [0.29, 0.717) is 0 Å². The number of aromatic hydroxyl groups is 1. The van der Waals surface area contributed by atoms with Crippen LogP contribution < -0.4 is 4.72 Å². The lowest BCUT2D eigenvalue weighted by molar-refractivity contribution is 0.433. The van der Waals surface area contributed by atoms with E-state index in [2.05, 4.69) is 4.72 Å². The van der Waals surface area contributed by atoms with E-state index in [-0.39, 0.29) is 5.69 Å². The van der Waals surface area contributed by atoms with Crippen LogP contribution in [0.1, 0.15) is 0 Å². The molecule has 0 spiro atoms. The van der Waals surface area contributed by atoms with Gasteiger partial charge in [0.2, 0.25) is 10.0 Å². The minimum Gasteiger partial charge on any atom is -0.505 e. The number of nitrogens with one attached hydrogen (secondary N) is 1. The number of anilines is 1. The Kier molecular flexibility index (Phi) is 2.42. The van der Waals surface area contributed by atoms with E-state index in [1.165, 1.54) is 6.07 Å². The van der Waals surface area contributed by atoms with Crippen molar-refractivity contribution in [3.8, 4) is 5.75 Å². The van der Waals surface area contributed by atoms with Gasteiger partial charge < -0.3 is 5.11 Å². The van der Waals surface area contributed by atoms with Crippen molar-refractivity contribution in [3.63, 3.8) is 0 Å². The molecule has 0 heterocycles. The Morgan fingerprint density at radius 1 is 1.46 bits per heavy atom. The molecule has 0 radical (unpaired) electrons. The van der Waals surface area contributed by atoms with Gasteiger partial charge in [-0.2, -0.15) is 0 Å². The average molecular weight is 205 g/mol. The largest absolute Gasteiger partial charge is 0.505 e. The first-order valence-electron chi connectivity index (χ1n) is 3.35. The van der Waals surface area contributed by atoms with Crippen LogP contribution >= 0.6 is 0 Å². The molecule has 0 bridgehead atoms. The minimum absolute atomic E-state index is 0.126. The molecule has 1 aromatic carbocycles. The van der Waals surface area contributed by atoms with Gasteiger partial charge in [0.05, 0.1) is 11.9 Å². The summed E-state index contributed by atoms with van der Waals surface area (Å²) in [6, 6.07) is 3.19. The summed E-state index contributed by atoms with van der Waals surface area (Å²) in [6.07, 6.45) is 0.966. The van der Waals surface area contributed by atoms with Crippen LogP contribution in [0.15, 0.2) is 18.2 Å². The van der Waals surface area contributed by atoms with E-state index in [0.717, 1.165) is 18.4 Å². The SMILES string of the molecule is CS(=O)(=O)Nc1ccc(F)c(O)c1. The third-order valence-electron chi connectivity index (χ3n) is 1.25. The van der Waals surface area contributed by atoms with Gasteiger partial charge in [-0.15, -0.1) is 0 Å². The van der Waals surface area contributed by atoms with Gasteiger partial charge >= 0.3 is 0 Å². The van der Waals surface area contributed by atoms with Crippen molar-refractivity contribution in [3.05, 3.63) is 24.0 Å². The molecule has 1 rings (SSSR count). The van der Waals surface area contributed by atoms with Crippen LogP contribution in [-0.4, -0.2) is 19.8 Å². The van der Waals surface area contributed by atoms with Gasteiger partial charge in [-0.05, 0) is 12.1 Å². The third kappa shape index (κ3) is 2.90. The lowest BCUT2D eigenvalue weighted by Gasteiger charge is -2.03. The van der Waals surface area contributed by atoms with E-state index in [1.807, 2.05) is 0 Å². The summed E-state index contributed by atoms with van der Waals surface area (Å²) in [7, 11) is -3.39. The summed E-state index contributed by atoms with van der Waals surface area (Å²) in [5.41, 5.74) is 0.126. The molecule has 13 heavy (non-hydrogen) atoms. The number of sulfonamides is 1. The summed E-state index contributed by atoms with van der Waals surface area (Å²) in [5.74, 6) is -1.38. The predicted octanol–water partition coefficient (Wildman–Crippen LogP) is 0.903. The maximum Gasteiger partial charge on any atom is 0.229 e. The maximum atomic E-state index is 12.5. The fraction of sp³-hybridized carbons (Fsp3) is 0.143. The van der Waals surface area contributed by atoms with Gasteiger partial charge in [0.25, 0.3) is 0 Å². The van der Waals surface area contributed by atoms with E-state index >= 15 is 0 Å². The normalized spacial score (nSPS) is 11.2. The zero-order valence-corrected chi connectivity index (χ0v) is 7.60. The van der Waals surface area contributed by atoms with E-state index in [9.17, 15) is 12.8 Å². The summed E-state index contributed by atoms with van der Waals surface area (Å²) in [5, 5.41) is 8.89. The van der Waals surface area contributed by atoms with Crippen molar-refractivity contribution < 1.29 is 17.9 Å². The highest BCUT2D eigenvalue weighted by Crippen LogP contribution is 2.20. The highest BCUT2D eigenvalue weighted by Gasteiger charge is 2.04. The van der Waals surface area contributed by atoms with Gasteiger partial charge in [-0.25, -0.2) is 12.8 Å². The second kappa shape index (κ2) is 3.21. The van der Waals surface area contributed by atoms with Crippen molar-refractivity contribution in [2.45, 2.75) is 0 Å². The highest BCUT2D eigenvalue weighted by atomic mass is 32.2. The van der Waals surface area contributed by atoms with Crippen molar-refractivity contribution in [2.75, 3.05) is 11.0 Å². The maximum absolute atomic E-state index is 12.5. The predicted molar refractivity (Wildman–Crippen MR) is 46.5 cm³/mol. The Bertz CT molecular complexity index is 416. The number of hydrogen-bond donors (Lipinski definition) is 2. The van der Waals surface area contributed by atoms with Crippen LogP contribution in [0.5, 0.6) is 5.75 Å². The number of halogens is 1. The monoisotopic (exact) mass is 205 g/mol. The van der Waals surface area contributed by atoms with E-state index in [1.54, 1.807) is 0 Å². The van der Waals surface area contributed by atoms with Crippen LogP contribution in [0.2, 0.25) is 0 Å². The van der Waals surface area contributed by atoms with Crippen LogP contribution in [0, 0.1) is 5.82 Å². The molecule has 0 aliphatic rings. The fourth-order valence-corrected chi connectivity index (χ4v) is 1.35. The lowest BCUT2D eigenvalue weighted by atomic mass is 10.3. The first-order chi connectivity index (χ1) is 5.88. The second-order valence-electron chi connectivity index (χ2n) is 2.54. The first kappa shape index (κ1) is 9.79. The molecule has 72 valence electrons. The average Bonchev–Trinajstić information content (AvgIpc) is 1.94. The second-order valence-corrected chi connectivity index (χ2v) is 4.29. The lowest BCUT2D eigenvalue weighted by Crippen LogP contribution is -2.09. The highest BCUT2D eigenvalue weighted by molar-refractivity contribution is 7.92. The van der Waals surface area contributed by atoms with E-state index in [4.69, 9.17) is 5.11 Å². The molecule has 0 unspecified atom stereocenters. The van der Waals surface area contributed by atoms with Gasteiger partial charge in [-0.1, -0.05) is 0 Å². The van der Waals surface area contributed by atoms with Crippen molar-refractivity contribution >= 4 is 15.7 Å². The molecule has 0 atom stereocenters. The Balaban J connectivity index is 2.99. The molecule has 0 amide bonds. The molecule has 1 aromatic rings. The number of hydrogen-bond acceptors (Lipinski definition) is 3. The molecule has 0 saturated carbocycles. The first-order valence-corrected chi connectivity index (χ1v) is 5.24. The summed E-state index contributed by atoms with van der Waals surface area (Å²) < 4.78 is 36.0. The van der Waals surface area contributed by atoms with Crippen LogP contribution in [-0.2, 0) is 10.0 Å².